The van der Waals surface area contributed by atoms with Crippen LogP contribution in [-0.2, 0) is 19.3 Å². The number of hydrogen-bond acceptors (Lipinski definition) is 4. The maximum Gasteiger partial charge on any atom is 0.293 e. The zero-order chi connectivity index (χ0) is 10.7. The molecule has 6 heteroatoms. The molecule has 82 valence electrons. The Balaban J connectivity index is -0.000000209. The fourth-order valence-electron chi connectivity index (χ4n) is 0.388. The van der Waals surface area contributed by atoms with E-state index < -0.39 is 10.1 Å². The summed E-state index contributed by atoms with van der Waals surface area (Å²) in [7, 11) is -2.24. The van der Waals surface area contributed by atoms with E-state index in [9.17, 15) is 8.42 Å². The summed E-state index contributed by atoms with van der Waals surface area (Å²) in [4.78, 5) is 3.97. The molecule has 0 aromatic heterocycles. The van der Waals surface area contributed by atoms with E-state index >= 15 is 0 Å². The summed E-state index contributed by atoms with van der Waals surface area (Å²) in [5.41, 5.74) is 0. The topological polar surface area (TPSA) is 52.6 Å². The molecule has 0 spiro atoms. The van der Waals surface area contributed by atoms with Gasteiger partial charge in [0.25, 0.3) is 10.1 Å². The van der Waals surface area contributed by atoms with E-state index in [4.69, 9.17) is 0 Å². The molecule has 0 aliphatic carbocycles. The molecule has 0 saturated carbocycles. The van der Waals surface area contributed by atoms with Crippen LogP contribution in [0.4, 0.5) is 0 Å². The number of allylic oxidation sites excluding steroid dienone is 1. The van der Waals surface area contributed by atoms with E-state index in [-0.39, 0.29) is 43.5 Å². The molecular formula is C8H18CaO4S. The van der Waals surface area contributed by atoms with Crippen LogP contribution in [0.3, 0.4) is 0 Å². The van der Waals surface area contributed by atoms with Crippen LogP contribution >= 0.6 is 0 Å². The van der Waals surface area contributed by atoms with Crippen LogP contribution in [-0.4, -0.2) is 59.0 Å². The quantitative estimate of drug-likeness (QED) is 0.321. The summed E-state index contributed by atoms with van der Waals surface area (Å²) in [5.74, 6) is 0.000833. The Kier molecular flexibility index (Phi) is 20.1. The van der Waals surface area contributed by atoms with Crippen LogP contribution in [0.1, 0.15) is 26.7 Å². The van der Waals surface area contributed by atoms with Crippen LogP contribution in [0.25, 0.3) is 0 Å². The molecule has 0 aliphatic heterocycles. The summed E-state index contributed by atoms with van der Waals surface area (Å²) >= 11 is 0. The molecule has 0 amide bonds. The molecule has 0 fully saturated rings. The van der Waals surface area contributed by atoms with Gasteiger partial charge >= 0.3 is 0 Å². The minimum absolute atomic E-state index is 0. The number of rotatable bonds is 5. The Morgan fingerprint density at radius 2 is 1.79 bits per heavy atom. The Labute approximate surface area is 117 Å². The van der Waals surface area contributed by atoms with Crippen molar-refractivity contribution >= 4 is 47.9 Å². The molecule has 0 saturated heterocycles. The van der Waals surface area contributed by atoms with Gasteiger partial charge in [-0.3, -0.25) is 0 Å². The zero-order valence-electron chi connectivity index (χ0n) is 9.15. The van der Waals surface area contributed by atoms with E-state index in [2.05, 4.69) is 22.7 Å². The summed E-state index contributed by atoms with van der Waals surface area (Å²) in [6, 6.07) is 0. The Hall–Kier alpha value is 0.870. The van der Waals surface area contributed by atoms with Crippen molar-refractivity contribution in [1.82, 2.24) is 0 Å². The average Bonchev–Trinajstić information content (AvgIpc) is 2.04. The van der Waals surface area contributed by atoms with Crippen LogP contribution < -0.4 is 0 Å². The van der Waals surface area contributed by atoms with Crippen molar-refractivity contribution < 1.29 is 17.6 Å². The molecule has 4 nitrogen and oxygen atoms in total. The van der Waals surface area contributed by atoms with Gasteiger partial charge in [-0.05, 0) is 12.8 Å². The molecule has 0 unspecified atom stereocenters. The van der Waals surface area contributed by atoms with Gasteiger partial charge in [0.2, 0.25) is 0 Å². The largest absolute Gasteiger partial charge is 0.293 e. The van der Waals surface area contributed by atoms with Crippen molar-refractivity contribution in [3.8, 4) is 0 Å². The van der Waals surface area contributed by atoms with Crippen molar-refractivity contribution in [3.05, 3.63) is 12.7 Å². The van der Waals surface area contributed by atoms with Gasteiger partial charge in [0.15, 0.2) is 0 Å². The smallest absolute Gasteiger partial charge is 0.223 e. The maximum absolute atomic E-state index is 10.5. The van der Waals surface area contributed by atoms with E-state index in [1.807, 2.05) is 6.08 Å². The van der Waals surface area contributed by atoms with Crippen molar-refractivity contribution in [2.45, 2.75) is 26.7 Å². The standard InChI is InChI=1S/C4H10O4S.C4H8.Ca/c1-3-4-9(5,6)8-7-2;1-3-4-2;/h3-4H2,1-2H3;3H,1,4H2,2H3;. The van der Waals surface area contributed by atoms with Gasteiger partial charge in [-0.2, -0.15) is 8.42 Å². The fourth-order valence-corrected chi connectivity index (χ4v) is 1.16. The predicted octanol–water partition coefficient (Wildman–Crippen LogP) is 1.51. The average molecular weight is 250 g/mol. The number of hydrogen-bond donors (Lipinski definition) is 0. The van der Waals surface area contributed by atoms with Crippen molar-refractivity contribution in [2.24, 2.45) is 0 Å². The molecule has 0 aliphatic rings. The Morgan fingerprint density at radius 1 is 1.36 bits per heavy atom. The van der Waals surface area contributed by atoms with Gasteiger partial charge in [-0.1, -0.05) is 19.9 Å². The third kappa shape index (κ3) is 18.6. The SMILES string of the molecule is C=CCC.CCCS(=O)(=O)OOC.[Ca]. The van der Waals surface area contributed by atoms with Gasteiger partial charge in [0.05, 0.1) is 12.9 Å². The molecule has 0 atom stereocenters. The monoisotopic (exact) mass is 250 g/mol. The van der Waals surface area contributed by atoms with Crippen molar-refractivity contribution in [1.29, 1.82) is 0 Å². The maximum atomic E-state index is 10.5. The first-order chi connectivity index (χ1) is 6.04. The zero-order valence-corrected chi connectivity index (χ0v) is 12.2. The summed E-state index contributed by atoms with van der Waals surface area (Å²) in [5, 5.41) is 0. The van der Waals surface area contributed by atoms with E-state index in [0.29, 0.717) is 6.42 Å². The predicted molar refractivity (Wildman–Crippen MR) is 58.4 cm³/mol. The molecular weight excluding hydrogens is 232 g/mol. The second kappa shape index (κ2) is 13.9. The third-order valence-corrected chi connectivity index (χ3v) is 2.17. The van der Waals surface area contributed by atoms with Crippen molar-refractivity contribution in [2.75, 3.05) is 12.9 Å². The first-order valence-corrected chi connectivity index (χ1v) is 5.67. The third-order valence-electron chi connectivity index (χ3n) is 0.915. The van der Waals surface area contributed by atoms with Gasteiger partial charge in [0.1, 0.15) is 0 Å². The Bertz CT molecular complexity index is 189. The minimum atomic E-state index is -3.40. The van der Waals surface area contributed by atoms with Gasteiger partial charge in [-0.25, -0.2) is 4.89 Å². The van der Waals surface area contributed by atoms with Gasteiger partial charge in [0, 0.05) is 37.7 Å². The molecule has 14 heavy (non-hydrogen) atoms. The molecule has 0 bridgehead atoms. The fraction of sp³-hybridized carbons (Fsp3) is 0.750. The molecule has 0 rings (SSSR count). The minimum Gasteiger partial charge on any atom is -0.223 e. The second-order valence-electron chi connectivity index (χ2n) is 2.19. The van der Waals surface area contributed by atoms with E-state index in [1.165, 1.54) is 0 Å². The Morgan fingerprint density at radius 3 is 2.00 bits per heavy atom. The summed E-state index contributed by atoms with van der Waals surface area (Å²) < 4.78 is 24.9. The normalized spacial score (nSPS) is 9.36. The molecule has 0 aromatic carbocycles. The van der Waals surface area contributed by atoms with Gasteiger partial charge in [-0.15, -0.1) is 10.9 Å². The van der Waals surface area contributed by atoms with E-state index in [0.717, 1.165) is 13.5 Å². The van der Waals surface area contributed by atoms with Crippen LogP contribution in [0.2, 0.25) is 0 Å². The second-order valence-corrected chi connectivity index (χ2v) is 3.85. The first kappa shape index (κ1) is 20.3. The van der Waals surface area contributed by atoms with Crippen molar-refractivity contribution in [3.63, 3.8) is 0 Å². The molecule has 2 radical (unpaired) electrons. The molecule has 0 N–H and O–H groups in total. The first-order valence-electron chi connectivity index (χ1n) is 4.09. The van der Waals surface area contributed by atoms with Crippen LogP contribution in [0, 0.1) is 0 Å². The molecule has 0 aromatic rings. The summed E-state index contributed by atoms with van der Waals surface area (Å²) in [6.07, 6.45) is 3.49. The molecule has 0 heterocycles. The van der Waals surface area contributed by atoms with Crippen LogP contribution in [0.5, 0.6) is 0 Å². The summed E-state index contributed by atoms with van der Waals surface area (Å²) in [6.45, 7) is 7.29. The van der Waals surface area contributed by atoms with E-state index in [1.54, 1.807) is 6.92 Å². The van der Waals surface area contributed by atoms with Gasteiger partial charge < -0.3 is 0 Å². The van der Waals surface area contributed by atoms with Crippen LogP contribution in [0.15, 0.2) is 12.7 Å².